The molecular formula is C13H18LiNO4. The van der Waals surface area contributed by atoms with Crippen LogP contribution < -0.4 is 23.8 Å². The third-order valence-electron chi connectivity index (χ3n) is 3.10. The van der Waals surface area contributed by atoms with Gasteiger partial charge in [-0.2, -0.15) is 0 Å². The van der Waals surface area contributed by atoms with Crippen molar-refractivity contribution in [2.45, 2.75) is 19.1 Å². The van der Waals surface area contributed by atoms with Crippen LogP contribution in [-0.2, 0) is 9.53 Å². The number of aliphatic hydroxyl groups is 1. The van der Waals surface area contributed by atoms with E-state index in [0.29, 0.717) is 19.7 Å². The van der Waals surface area contributed by atoms with E-state index in [1.54, 1.807) is 0 Å². The van der Waals surface area contributed by atoms with Gasteiger partial charge >= 0.3 is 24.8 Å². The summed E-state index contributed by atoms with van der Waals surface area (Å²) in [6, 6.07) is 8.00. The molecule has 1 saturated heterocycles. The summed E-state index contributed by atoms with van der Waals surface area (Å²) in [6.07, 6.45) is -2.16. The van der Waals surface area contributed by atoms with Gasteiger partial charge in [0.1, 0.15) is 6.10 Å². The first kappa shape index (κ1) is 16.1. The predicted octanol–water partition coefficient (Wildman–Crippen LogP) is -2.24. The number of aliphatic hydroxyl groups excluding tert-OH is 1. The summed E-state index contributed by atoms with van der Waals surface area (Å²) in [6.45, 7) is 3.52. The van der Waals surface area contributed by atoms with E-state index in [9.17, 15) is 9.90 Å². The van der Waals surface area contributed by atoms with E-state index in [2.05, 4.69) is 0 Å². The Balaban J connectivity index is 0.00000180. The van der Waals surface area contributed by atoms with E-state index in [4.69, 9.17) is 9.84 Å². The van der Waals surface area contributed by atoms with Gasteiger partial charge in [-0.15, -0.1) is 0 Å². The zero-order valence-electron chi connectivity index (χ0n) is 12.2. The fourth-order valence-electron chi connectivity index (χ4n) is 2.02. The van der Waals surface area contributed by atoms with Crippen LogP contribution in [0, 0.1) is 6.92 Å². The summed E-state index contributed by atoms with van der Waals surface area (Å²) in [4.78, 5) is 12.8. The summed E-state index contributed by atoms with van der Waals surface area (Å²) in [7, 11) is 0. The number of ether oxygens (including phenoxy) is 1. The Morgan fingerprint density at radius 3 is 2.68 bits per heavy atom. The topological polar surface area (TPSA) is 70.0 Å². The van der Waals surface area contributed by atoms with Crippen molar-refractivity contribution in [1.82, 2.24) is 0 Å². The Kier molecular flexibility index (Phi) is 5.89. The molecule has 0 bridgehead atoms. The van der Waals surface area contributed by atoms with Gasteiger partial charge in [0.25, 0.3) is 0 Å². The number of carboxylic acid groups (broad SMARTS) is 1. The summed E-state index contributed by atoms with van der Waals surface area (Å²) in [5.41, 5.74) is 2.20. The SMILES string of the molecule is Cc1ccc(N2CCOC(C(O)C(=O)O)C2)cc1.[H-].[Li+]. The average molecular weight is 259 g/mol. The van der Waals surface area contributed by atoms with E-state index in [0.717, 1.165) is 5.69 Å². The van der Waals surface area contributed by atoms with Gasteiger partial charge < -0.3 is 21.3 Å². The largest absolute Gasteiger partial charge is 1.00 e. The van der Waals surface area contributed by atoms with E-state index < -0.39 is 18.2 Å². The number of rotatable bonds is 3. The summed E-state index contributed by atoms with van der Waals surface area (Å²) in [5.74, 6) is -1.24. The Morgan fingerprint density at radius 1 is 1.47 bits per heavy atom. The molecule has 1 aliphatic rings. The summed E-state index contributed by atoms with van der Waals surface area (Å²) < 4.78 is 5.30. The molecule has 1 aliphatic heterocycles. The van der Waals surface area contributed by atoms with Crippen LogP contribution in [-0.4, -0.2) is 48.1 Å². The smallest absolute Gasteiger partial charge is 1.00 e. The number of carbonyl (C=O) groups is 1. The molecule has 1 aromatic rings. The minimum Gasteiger partial charge on any atom is -1.00 e. The maximum absolute atomic E-state index is 10.7. The molecule has 0 aliphatic carbocycles. The van der Waals surface area contributed by atoms with Gasteiger partial charge in [-0.3, -0.25) is 0 Å². The quantitative estimate of drug-likeness (QED) is 0.601. The van der Waals surface area contributed by atoms with Crippen LogP contribution in [0.5, 0.6) is 0 Å². The average Bonchev–Trinajstić information content (AvgIpc) is 2.38. The zero-order valence-corrected chi connectivity index (χ0v) is 11.2. The molecule has 19 heavy (non-hydrogen) atoms. The van der Waals surface area contributed by atoms with Crippen LogP contribution in [0.2, 0.25) is 0 Å². The molecule has 1 aromatic carbocycles. The van der Waals surface area contributed by atoms with Gasteiger partial charge in [0.2, 0.25) is 0 Å². The van der Waals surface area contributed by atoms with Crippen molar-refractivity contribution < 1.29 is 40.0 Å². The molecule has 2 unspecified atom stereocenters. The Bertz CT molecular complexity index is 429. The first-order valence-corrected chi connectivity index (χ1v) is 5.92. The molecule has 0 amide bonds. The molecule has 1 heterocycles. The second kappa shape index (κ2) is 6.97. The Morgan fingerprint density at radius 2 is 2.11 bits per heavy atom. The molecular weight excluding hydrogens is 241 g/mol. The number of nitrogens with zero attached hydrogens (tertiary/aromatic N) is 1. The molecule has 5 nitrogen and oxygen atoms in total. The minimum absolute atomic E-state index is 0. The normalized spacial score (nSPS) is 20.5. The molecule has 1 fully saturated rings. The van der Waals surface area contributed by atoms with Crippen molar-refractivity contribution in [1.29, 1.82) is 0 Å². The third-order valence-corrected chi connectivity index (χ3v) is 3.10. The molecule has 6 heteroatoms. The monoisotopic (exact) mass is 259 g/mol. The number of carboxylic acids is 1. The van der Waals surface area contributed by atoms with Gasteiger partial charge in [0, 0.05) is 18.8 Å². The standard InChI is InChI=1S/C13H17NO4.Li.H/c1-9-2-4-10(5-3-9)14-6-7-18-11(8-14)12(15)13(16)17;;/h2-5,11-12,15H,6-8H2,1H3,(H,16,17);;/q;+1;-1. The second-order valence-electron chi connectivity index (χ2n) is 4.47. The van der Waals surface area contributed by atoms with E-state index in [-0.39, 0.29) is 20.3 Å². The minimum atomic E-state index is -1.47. The number of aryl methyl sites for hydroxylation is 1. The van der Waals surface area contributed by atoms with Gasteiger partial charge in [0.05, 0.1) is 6.61 Å². The van der Waals surface area contributed by atoms with Crippen molar-refractivity contribution in [2.75, 3.05) is 24.6 Å². The van der Waals surface area contributed by atoms with Crippen molar-refractivity contribution in [3.63, 3.8) is 0 Å². The fraction of sp³-hybridized carbons (Fsp3) is 0.462. The Labute approximate surface area is 125 Å². The van der Waals surface area contributed by atoms with Crippen molar-refractivity contribution in [3.8, 4) is 0 Å². The maximum atomic E-state index is 10.7. The van der Waals surface area contributed by atoms with Crippen molar-refractivity contribution >= 4 is 11.7 Å². The number of hydrogen-bond acceptors (Lipinski definition) is 4. The number of benzene rings is 1. The summed E-state index contributed by atoms with van der Waals surface area (Å²) in [5, 5.41) is 18.3. The number of anilines is 1. The summed E-state index contributed by atoms with van der Waals surface area (Å²) >= 11 is 0. The van der Waals surface area contributed by atoms with E-state index >= 15 is 0 Å². The second-order valence-corrected chi connectivity index (χ2v) is 4.47. The zero-order chi connectivity index (χ0) is 13.1. The molecule has 0 spiro atoms. The van der Waals surface area contributed by atoms with Crippen LogP contribution in [0.15, 0.2) is 24.3 Å². The van der Waals surface area contributed by atoms with Gasteiger partial charge in [-0.25, -0.2) is 4.79 Å². The van der Waals surface area contributed by atoms with E-state index in [1.165, 1.54) is 5.56 Å². The van der Waals surface area contributed by atoms with Crippen LogP contribution in [0.25, 0.3) is 0 Å². The molecule has 0 saturated carbocycles. The molecule has 100 valence electrons. The van der Waals surface area contributed by atoms with Crippen LogP contribution in [0.4, 0.5) is 5.69 Å². The predicted molar refractivity (Wildman–Crippen MR) is 67.9 cm³/mol. The number of morpholine rings is 1. The molecule has 0 aromatic heterocycles. The molecule has 2 rings (SSSR count). The van der Waals surface area contributed by atoms with Crippen LogP contribution >= 0.6 is 0 Å². The maximum Gasteiger partial charge on any atom is 1.00 e. The van der Waals surface area contributed by atoms with Crippen LogP contribution in [0.3, 0.4) is 0 Å². The molecule has 2 atom stereocenters. The van der Waals surface area contributed by atoms with Gasteiger partial charge in [-0.1, -0.05) is 17.7 Å². The first-order valence-electron chi connectivity index (χ1n) is 5.92. The van der Waals surface area contributed by atoms with Gasteiger partial charge in [-0.05, 0) is 19.1 Å². The third kappa shape index (κ3) is 3.98. The van der Waals surface area contributed by atoms with Crippen molar-refractivity contribution in [2.24, 2.45) is 0 Å². The number of aliphatic carboxylic acids is 1. The Hall–Kier alpha value is -0.993. The molecule has 0 radical (unpaired) electrons. The first-order chi connectivity index (χ1) is 8.58. The van der Waals surface area contributed by atoms with Crippen molar-refractivity contribution in [3.05, 3.63) is 29.8 Å². The van der Waals surface area contributed by atoms with E-state index in [1.807, 2.05) is 36.1 Å². The van der Waals surface area contributed by atoms with Crippen LogP contribution in [0.1, 0.15) is 6.99 Å². The van der Waals surface area contributed by atoms with Gasteiger partial charge in [0.15, 0.2) is 6.10 Å². The fourth-order valence-corrected chi connectivity index (χ4v) is 2.02. The number of hydrogen-bond donors (Lipinski definition) is 2. The molecule has 2 N–H and O–H groups in total.